The van der Waals surface area contributed by atoms with Gasteiger partial charge in [-0.15, -0.1) is 0 Å². The fraction of sp³-hybridized carbons (Fsp3) is 0. The van der Waals surface area contributed by atoms with E-state index in [1.54, 1.807) is 6.07 Å². The van der Waals surface area contributed by atoms with Crippen molar-refractivity contribution in [2.75, 3.05) is 0 Å². The molecule has 236 valence electrons. The van der Waals surface area contributed by atoms with Crippen molar-refractivity contribution in [3.63, 3.8) is 0 Å². The van der Waals surface area contributed by atoms with Crippen molar-refractivity contribution in [2.45, 2.75) is 0 Å². The Labute approximate surface area is 292 Å². The van der Waals surface area contributed by atoms with E-state index >= 15 is 0 Å². The molecule has 0 aliphatic carbocycles. The molecule has 0 N–H and O–H groups in total. The van der Waals surface area contributed by atoms with Gasteiger partial charge in [-0.25, -0.2) is 19.8 Å². The van der Waals surface area contributed by atoms with E-state index in [4.69, 9.17) is 25.9 Å². The van der Waals surface area contributed by atoms with E-state index in [1.807, 2.05) is 72.8 Å². The predicted molar refractivity (Wildman–Crippen MR) is 208 cm³/mol. The Morgan fingerprint density at radius 1 is 0.392 bits per heavy atom. The van der Waals surface area contributed by atoms with Gasteiger partial charge in [-0.05, 0) is 73.8 Å². The highest BCUT2D eigenvalue weighted by molar-refractivity contribution is 6.26. The van der Waals surface area contributed by atoms with E-state index in [-0.39, 0.29) is 0 Å². The van der Waals surface area contributed by atoms with Gasteiger partial charge in [0.15, 0.2) is 23.2 Å². The molecule has 10 rings (SSSR count). The highest BCUT2D eigenvalue weighted by atomic mass is 16.3. The van der Waals surface area contributed by atoms with Crippen LogP contribution in [0.25, 0.3) is 104 Å². The maximum absolute atomic E-state index is 7.92. The normalized spacial score (nSPS) is 11.5. The number of nitrogens with zero attached hydrogens (tertiary/aromatic N) is 4. The lowest BCUT2D eigenvalue weighted by Gasteiger charge is -2.12. The minimum absolute atomic E-state index is 0.452. The lowest BCUT2D eigenvalue weighted by atomic mass is 9.92. The van der Waals surface area contributed by atoms with Crippen LogP contribution in [0.15, 0.2) is 162 Å². The fourth-order valence-electron chi connectivity index (χ4n) is 7.33. The summed E-state index contributed by atoms with van der Waals surface area (Å²) < 4.78 is 6.44. The molecule has 2 aromatic heterocycles. The Morgan fingerprint density at radius 3 is 1.47 bits per heavy atom. The topological polar surface area (TPSA) is 56.2 Å². The average Bonchev–Trinajstić information content (AvgIpc) is 3.58. The molecular weight excluding hydrogens is 625 g/mol. The van der Waals surface area contributed by atoms with Crippen LogP contribution in [0.1, 0.15) is 0 Å². The van der Waals surface area contributed by atoms with Crippen LogP contribution >= 0.6 is 0 Å². The number of rotatable bonds is 4. The molecule has 0 aliphatic heterocycles. The van der Waals surface area contributed by atoms with Crippen LogP contribution in [0.4, 0.5) is 5.69 Å². The van der Waals surface area contributed by atoms with E-state index in [1.165, 1.54) is 32.3 Å². The van der Waals surface area contributed by atoms with Crippen molar-refractivity contribution >= 4 is 59.9 Å². The lowest BCUT2D eigenvalue weighted by molar-refractivity contribution is 0.669. The van der Waals surface area contributed by atoms with Gasteiger partial charge in [-0.3, -0.25) is 0 Å². The van der Waals surface area contributed by atoms with E-state index in [2.05, 4.69) is 83.7 Å². The van der Waals surface area contributed by atoms with Crippen LogP contribution < -0.4 is 0 Å². The summed E-state index contributed by atoms with van der Waals surface area (Å²) in [6.45, 7) is 7.92. The van der Waals surface area contributed by atoms with Crippen LogP contribution in [-0.4, -0.2) is 15.0 Å². The fourth-order valence-corrected chi connectivity index (χ4v) is 7.33. The molecule has 0 spiro atoms. The van der Waals surface area contributed by atoms with Gasteiger partial charge in [0.1, 0.15) is 11.2 Å². The van der Waals surface area contributed by atoms with Gasteiger partial charge in [-0.2, -0.15) is 0 Å². The SMILES string of the molecule is [C-]#[N+]c1cc(-c2nc(-c3ccccc3)nc(-c3ccccc3)n2)c2c(c1)oc1ccc(-c3ccc4c5ccccc5c5ccccc5c4c3)cc12. The first-order valence-corrected chi connectivity index (χ1v) is 16.8. The molecule has 5 nitrogen and oxygen atoms in total. The van der Waals surface area contributed by atoms with Gasteiger partial charge >= 0.3 is 0 Å². The van der Waals surface area contributed by atoms with Gasteiger partial charge in [0.05, 0.1) is 6.57 Å². The molecule has 0 saturated carbocycles. The molecule has 8 aromatic carbocycles. The minimum atomic E-state index is 0.452. The Hall–Kier alpha value is -7.16. The van der Waals surface area contributed by atoms with Crippen LogP contribution in [0.2, 0.25) is 0 Å². The second-order valence-corrected chi connectivity index (χ2v) is 12.7. The number of fused-ring (bicyclic) bond motifs is 9. The molecule has 10 aromatic rings. The van der Waals surface area contributed by atoms with E-state index in [9.17, 15) is 0 Å². The molecule has 0 bridgehead atoms. The average molecular weight is 651 g/mol. The van der Waals surface area contributed by atoms with Crippen molar-refractivity contribution in [1.82, 2.24) is 15.0 Å². The molecule has 5 heteroatoms. The third-order valence-corrected chi connectivity index (χ3v) is 9.70. The Morgan fingerprint density at radius 2 is 0.882 bits per heavy atom. The number of benzene rings is 8. The molecule has 0 unspecified atom stereocenters. The zero-order valence-corrected chi connectivity index (χ0v) is 27.2. The summed E-state index contributed by atoms with van der Waals surface area (Å²) in [6, 6.07) is 53.8. The van der Waals surface area contributed by atoms with E-state index in [0.29, 0.717) is 28.7 Å². The van der Waals surface area contributed by atoms with Crippen molar-refractivity contribution in [3.8, 4) is 45.3 Å². The summed E-state index contributed by atoms with van der Waals surface area (Å²) in [4.78, 5) is 18.7. The first-order chi connectivity index (χ1) is 25.2. The van der Waals surface area contributed by atoms with Gasteiger partial charge in [-0.1, -0.05) is 127 Å². The standard InChI is InChI=1S/C46H26N4O/c1-47-32-26-40(46-49-44(28-12-4-2-5-13-28)48-45(50-46)29-14-6-3-7-15-29)43-39-25-31(21-23-41(39)51-42(43)27-32)30-20-22-37-35-18-9-8-16-33(35)34-17-10-11-19-36(34)38(37)24-30/h2-27H. The molecule has 0 fully saturated rings. The molecule has 0 atom stereocenters. The summed E-state index contributed by atoms with van der Waals surface area (Å²) in [6.07, 6.45) is 0. The second kappa shape index (κ2) is 11.5. The summed E-state index contributed by atoms with van der Waals surface area (Å²) >= 11 is 0. The molecule has 51 heavy (non-hydrogen) atoms. The maximum atomic E-state index is 7.92. The molecule has 0 saturated heterocycles. The molecule has 0 amide bonds. The van der Waals surface area contributed by atoms with Crippen molar-refractivity contribution in [2.24, 2.45) is 0 Å². The summed E-state index contributed by atoms with van der Waals surface area (Å²) in [5.41, 5.74) is 6.46. The van der Waals surface area contributed by atoms with Gasteiger partial charge < -0.3 is 4.42 Å². The largest absolute Gasteiger partial charge is 0.457 e. The smallest absolute Gasteiger partial charge is 0.191 e. The number of hydrogen-bond acceptors (Lipinski definition) is 4. The van der Waals surface area contributed by atoms with Gasteiger partial charge in [0.2, 0.25) is 0 Å². The Kier molecular flexibility index (Phi) is 6.48. The van der Waals surface area contributed by atoms with Gasteiger partial charge in [0, 0.05) is 27.5 Å². The minimum Gasteiger partial charge on any atom is -0.457 e. The third kappa shape index (κ3) is 4.74. The quantitative estimate of drug-likeness (QED) is 0.140. The highest BCUT2D eigenvalue weighted by Gasteiger charge is 2.20. The van der Waals surface area contributed by atoms with Crippen molar-refractivity contribution in [1.29, 1.82) is 0 Å². The zero-order chi connectivity index (χ0) is 33.9. The van der Waals surface area contributed by atoms with E-state index < -0.39 is 0 Å². The van der Waals surface area contributed by atoms with E-state index in [0.717, 1.165) is 44.2 Å². The van der Waals surface area contributed by atoms with Crippen LogP contribution in [0.5, 0.6) is 0 Å². The van der Waals surface area contributed by atoms with Crippen molar-refractivity contribution < 1.29 is 4.42 Å². The number of aromatic nitrogens is 3. The predicted octanol–water partition coefficient (Wildman–Crippen LogP) is 12.4. The third-order valence-electron chi connectivity index (χ3n) is 9.70. The Balaban J connectivity index is 1.21. The first kappa shape index (κ1) is 28.8. The summed E-state index contributed by atoms with van der Waals surface area (Å²) in [5, 5.41) is 9.22. The highest BCUT2D eigenvalue weighted by Crippen LogP contribution is 2.42. The summed E-state index contributed by atoms with van der Waals surface area (Å²) in [7, 11) is 0. The molecule has 0 radical (unpaired) electrons. The first-order valence-electron chi connectivity index (χ1n) is 16.8. The molecule has 2 heterocycles. The number of furan rings is 1. The molecule has 0 aliphatic rings. The van der Waals surface area contributed by atoms with Crippen LogP contribution in [-0.2, 0) is 0 Å². The second-order valence-electron chi connectivity index (χ2n) is 12.7. The maximum Gasteiger partial charge on any atom is 0.191 e. The summed E-state index contributed by atoms with van der Waals surface area (Å²) in [5.74, 6) is 1.60. The lowest BCUT2D eigenvalue weighted by Crippen LogP contribution is -2.00. The number of hydrogen-bond donors (Lipinski definition) is 0. The van der Waals surface area contributed by atoms with Gasteiger partial charge in [0.25, 0.3) is 0 Å². The monoisotopic (exact) mass is 650 g/mol. The Bertz CT molecular complexity index is 2940. The molecular formula is C46H26N4O. The zero-order valence-electron chi connectivity index (χ0n) is 27.2. The van der Waals surface area contributed by atoms with Crippen LogP contribution in [0, 0.1) is 6.57 Å². The van der Waals surface area contributed by atoms with Crippen molar-refractivity contribution in [3.05, 3.63) is 169 Å². The van der Waals surface area contributed by atoms with Crippen LogP contribution in [0.3, 0.4) is 0 Å².